The molecule has 4 nitrogen and oxygen atoms in total. The summed E-state index contributed by atoms with van der Waals surface area (Å²) in [6.45, 7) is -5.30. The zero-order valence-corrected chi connectivity index (χ0v) is 20.7. The monoisotopic (exact) mass is 504 g/mol. The fourth-order valence-corrected chi connectivity index (χ4v) is 6.69. The number of nitrogens with zero attached hydrogens (tertiary/aromatic N) is 4. The van der Waals surface area contributed by atoms with Gasteiger partial charge in [-0.3, -0.25) is 9.13 Å². The molecular weight excluding hydrogens is 475 g/mol. The first-order valence-electron chi connectivity index (χ1n) is 16.0. The molecule has 0 saturated carbocycles. The number of hydrogen-bond acceptors (Lipinski definition) is 2. The van der Waals surface area contributed by atoms with Crippen molar-refractivity contribution in [2.45, 2.75) is 13.7 Å². The molecule has 0 saturated heterocycles. The van der Waals surface area contributed by atoms with Gasteiger partial charge in [0.1, 0.15) is 11.6 Å². The van der Waals surface area contributed by atoms with Gasteiger partial charge in [0.05, 0.1) is 22.1 Å². The van der Waals surface area contributed by atoms with Crippen molar-refractivity contribution in [2.75, 3.05) is 0 Å². The fraction of sp³-hybridized carbons (Fsp3) is 0.0588. The molecule has 0 radical (unpaired) electrons. The van der Waals surface area contributed by atoms with Gasteiger partial charge in [-0.25, -0.2) is 9.97 Å². The maximum absolute atomic E-state index is 8.45. The Hall–Kier alpha value is -4.90. The summed E-state index contributed by atoms with van der Waals surface area (Å²) < 4.78 is 54.2. The number of hydrogen-bond donors (Lipinski definition) is 0. The molecule has 9 rings (SSSR count). The highest BCUT2D eigenvalue weighted by atomic mass is 15.1. The van der Waals surface area contributed by atoms with Crippen LogP contribution < -0.4 is 16.4 Å². The summed E-state index contributed by atoms with van der Waals surface area (Å²) in [5.41, 5.74) is 10.6. The van der Waals surface area contributed by atoms with Crippen LogP contribution in [0.1, 0.15) is 19.9 Å². The van der Waals surface area contributed by atoms with Crippen LogP contribution in [0.2, 0.25) is 0 Å². The van der Waals surface area contributed by atoms with E-state index in [4.69, 9.17) is 18.2 Å². The van der Waals surface area contributed by atoms with E-state index in [1.54, 1.807) is 9.13 Å². The highest BCUT2D eigenvalue weighted by Gasteiger charge is 2.41. The molecule has 0 amide bonds. The van der Waals surface area contributed by atoms with Gasteiger partial charge in [0, 0.05) is 19.6 Å². The zero-order chi connectivity index (χ0) is 30.8. The van der Waals surface area contributed by atoms with Crippen LogP contribution in [0.4, 0.5) is 0 Å². The van der Waals surface area contributed by atoms with Crippen LogP contribution >= 0.6 is 0 Å². The topological polar surface area (TPSA) is 35.6 Å². The Balaban J connectivity index is 1.47. The van der Waals surface area contributed by atoms with E-state index in [1.165, 1.54) is 0 Å². The number of aromatic nitrogens is 4. The van der Waals surface area contributed by atoms with E-state index in [9.17, 15) is 0 Å². The van der Waals surface area contributed by atoms with E-state index in [-0.39, 0.29) is 18.4 Å². The molecule has 5 aromatic carbocycles. The lowest BCUT2D eigenvalue weighted by Crippen LogP contribution is -2.59. The minimum atomic E-state index is -2.49. The average molecular weight is 504 g/mol. The number of imidazole rings is 2. The molecule has 39 heavy (non-hydrogen) atoms. The summed E-state index contributed by atoms with van der Waals surface area (Å²) in [5.74, 6) is -0.0436. The SMILES string of the molecule is [2H]C([2H])([2H])c1nc2cc(-c3ccccc3)cc3c2n1-c1cccc2c1B3c1cc(-c3ccccc3)cc3nc(C([2H])([2H])[2H])n-2c13. The van der Waals surface area contributed by atoms with Crippen molar-refractivity contribution in [3.8, 4) is 33.6 Å². The molecule has 0 fully saturated rings. The van der Waals surface area contributed by atoms with Gasteiger partial charge in [0.25, 0.3) is 6.71 Å². The molecule has 7 aromatic rings. The van der Waals surface area contributed by atoms with Gasteiger partial charge < -0.3 is 0 Å². The maximum atomic E-state index is 8.45. The first-order valence-corrected chi connectivity index (χ1v) is 13.0. The van der Waals surface area contributed by atoms with Gasteiger partial charge in [-0.15, -0.1) is 0 Å². The van der Waals surface area contributed by atoms with E-state index in [1.807, 2.05) is 91.0 Å². The molecule has 5 heteroatoms. The van der Waals surface area contributed by atoms with Crippen molar-refractivity contribution in [3.05, 3.63) is 115 Å². The predicted octanol–water partition coefficient (Wildman–Crippen LogP) is 5.46. The van der Waals surface area contributed by atoms with Crippen molar-refractivity contribution in [1.82, 2.24) is 19.1 Å². The van der Waals surface area contributed by atoms with E-state index < -0.39 is 13.7 Å². The molecule has 4 heterocycles. The molecule has 0 spiro atoms. The molecular formula is C34H23BN4. The van der Waals surface area contributed by atoms with Gasteiger partial charge in [-0.05, 0) is 76.6 Å². The molecule has 0 N–H and O–H groups in total. The largest absolute Gasteiger partial charge is 0.297 e. The normalized spacial score (nSPS) is 15.7. The van der Waals surface area contributed by atoms with Crippen LogP contribution in [-0.2, 0) is 0 Å². The van der Waals surface area contributed by atoms with Gasteiger partial charge in [0.2, 0.25) is 0 Å². The molecule has 2 aliphatic heterocycles. The van der Waals surface area contributed by atoms with Crippen molar-refractivity contribution < 1.29 is 8.22 Å². The Morgan fingerprint density at radius 2 is 1.05 bits per heavy atom. The Morgan fingerprint density at radius 3 is 1.51 bits per heavy atom. The van der Waals surface area contributed by atoms with Crippen LogP contribution in [0.15, 0.2) is 103 Å². The minimum Gasteiger partial charge on any atom is -0.297 e. The first kappa shape index (κ1) is 16.2. The quantitative estimate of drug-likeness (QED) is 0.293. The molecule has 182 valence electrons. The van der Waals surface area contributed by atoms with Crippen LogP contribution in [-0.4, -0.2) is 25.8 Å². The number of rotatable bonds is 2. The van der Waals surface area contributed by atoms with Crippen molar-refractivity contribution in [3.63, 3.8) is 0 Å². The van der Waals surface area contributed by atoms with E-state index in [0.717, 1.165) is 49.7 Å². The average Bonchev–Trinajstić information content (AvgIpc) is 3.62. The van der Waals surface area contributed by atoms with E-state index in [2.05, 4.69) is 12.1 Å². The Bertz CT molecular complexity index is 2190. The van der Waals surface area contributed by atoms with E-state index in [0.29, 0.717) is 22.4 Å². The lowest BCUT2D eigenvalue weighted by atomic mass is 9.34. The third kappa shape index (κ3) is 2.69. The second-order valence-corrected chi connectivity index (χ2v) is 10.3. The number of aryl methyl sites for hydroxylation is 2. The molecule has 0 aliphatic carbocycles. The Kier molecular flexibility index (Phi) is 3.05. The summed E-state index contributed by atoms with van der Waals surface area (Å²) in [5, 5.41) is 0. The Labute approximate surface area is 234 Å². The minimum absolute atomic E-state index is 0.0218. The van der Waals surface area contributed by atoms with Crippen molar-refractivity contribution in [2.24, 2.45) is 0 Å². The third-order valence-corrected chi connectivity index (χ3v) is 8.23. The van der Waals surface area contributed by atoms with Crippen molar-refractivity contribution in [1.29, 1.82) is 0 Å². The summed E-state index contributed by atoms with van der Waals surface area (Å²) in [7, 11) is 0. The van der Waals surface area contributed by atoms with Crippen LogP contribution in [0.25, 0.3) is 55.7 Å². The third-order valence-electron chi connectivity index (χ3n) is 8.23. The van der Waals surface area contributed by atoms with Crippen LogP contribution in [0, 0.1) is 13.7 Å². The summed E-state index contributed by atoms with van der Waals surface area (Å²) in [6.07, 6.45) is 0. The second kappa shape index (κ2) is 7.36. The zero-order valence-electron chi connectivity index (χ0n) is 26.7. The fourth-order valence-electron chi connectivity index (χ4n) is 6.69. The van der Waals surface area contributed by atoms with Gasteiger partial charge in [0.15, 0.2) is 0 Å². The maximum Gasteiger partial charge on any atom is 0.252 e. The second-order valence-electron chi connectivity index (χ2n) is 10.3. The van der Waals surface area contributed by atoms with E-state index >= 15 is 0 Å². The molecule has 2 aromatic heterocycles. The number of fused-ring (bicyclic) bond motifs is 4. The predicted molar refractivity (Wildman–Crippen MR) is 161 cm³/mol. The number of benzene rings is 5. The highest BCUT2D eigenvalue weighted by Crippen LogP contribution is 2.34. The summed E-state index contributed by atoms with van der Waals surface area (Å²) in [6, 6.07) is 33.8. The van der Waals surface area contributed by atoms with Crippen molar-refractivity contribution >= 4 is 45.2 Å². The van der Waals surface area contributed by atoms with Gasteiger partial charge in [-0.1, -0.05) is 78.9 Å². The summed E-state index contributed by atoms with van der Waals surface area (Å²) >= 11 is 0. The molecule has 0 atom stereocenters. The summed E-state index contributed by atoms with van der Waals surface area (Å²) in [4.78, 5) is 9.52. The van der Waals surface area contributed by atoms with Gasteiger partial charge in [-0.2, -0.15) is 0 Å². The smallest absolute Gasteiger partial charge is 0.252 e. The standard InChI is InChI=1S/C34H23BN4/c1-20-36-28-18-24(22-10-5-3-6-11-22)16-26-33(28)38(20)30-14-9-15-31-32(30)35(26)27-17-25(23-12-7-4-8-13-23)19-29-34(27)39(31)21(2)37-29/h3-19H,1-2H3/i1D3,2D3. The Morgan fingerprint density at radius 1 is 0.564 bits per heavy atom. The highest BCUT2D eigenvalue weighted by molar-refractivity contribution is 7.00. The lowest BCUT2D eigenvalue weighted by molar-refractivity contribution is 0.981. The molecule has 0 bridgehead atoms. The molecule has 2 aliphatic rings. The molecule has 0 unspecified atom stereocenters. The first-order chi connectivity index (χ1) is 21.6. The van der Waals surface area contributed by atoms with Gasteiger partial charge >= 0.3 is 0 Å². The van der Waals surface area contributed by atoms with Crippen LogP contribution in [0.5, 0.6) is 0 Å². The lowest BCUT2D eigenvalue weighted by Gasteiger charge is -2.33. The van der Waals surface area contributed by atoms with Crippen LogP contribution in [0.3, 0.4) is 0 Å².